The maximum Gasteiger partial charge on any atom is 0.228 e. The zero-order valence-electron chi connectivity index (χ0n) is 10.4. The second kappa shape index (κ2) is 4.95. The topological polar surface area (TPSA) is 51.0 Å². The summed E-state index contributed by atoms with van der Waals surface area (Å²) in [5, 5.41) is 7.49. The summed E-state index contributed by atoms with van der Waals surface area (Å²) < 4.78 is 5.29. The van der Waals surface area contributed by atoms with E-state index < -0.39 is 0 Å². The van der Waals surface area contributed by atoms with Gasteiger partial charge < -0.3 is 9.84 Å². The van der Waals surface area contributed by atoms with E-state index >= 15 is 0 Å². The lowest BCUT2D eigenvalue weighted by Gasteiger charge is -2.19. The van der Waals surface area contributed by atoms with Gasteiger partial charge in [0.1, 0.15) is 0 Å². The molecule has 4 nitrogen and oxygen atoms in total. The third kappa shape index (κ3) is 2.82. The number of nitrogens with one attached hydrogen (secondary N) is 1. The molecule has 90 valence electrons. The Labute approximate surface area is 96.8 Å². The van der Waals surface area contributed by atoms with Crippen molar-refractivity contribution in [3.8, 4) is 0 Å². The van der Waals surface area contributed by atoms with Crippen molar-refractivity contribution in [2.24, 2.45) is 5.92 Å². The molecule has 1 fully saturated rings. The first-order chi connectivity index (χ1) is 7.70. The van der Waals surface area contributed by atoms with Gasteiger partial charge in [-0.25, -0.2) is 0 Å². The summed E-state index contributed by atoms with van der Waals surface area (Å²) in [7, 11) is 0. The Morgan fingerprint density at radius 1 is 1.44 bits per heavy atom. The fraction of sp³-hybridized carbons (Fsp3) is 0.833. The minimum absolute atomic E-state index is 0.428. The Morgan fingerprint density at radius 3 is 2.75 bits per heavy atom. The van der Waals surface area contributed by atoms with Crippen molar-refractivity contribution < 1.29 is 4.52 Å². The zero-order valence-corrected chi connectivity index (χ0v) is 10.4. The second-order valence-corrected chi connectivity index (χ2v) is 4.93. The number of nitrogens with zero attached hydrogens (tertiary/aromatic N) is 2. The molecule has 1 aliphatic carbocycles. The van der Waals surface area contributed by atoms with Crippen LogP contribution in [0.15, 0.2) is 4.52 Å². The Hall–Kier alpha value is -0.900. The van der Waals surface area contributed by atoms with Crippen LogP contribution in [0.4, 0.5) is 0 Å². The molecule has 1 unspecified atom stereocenters. The van der Waals surface area contributed by atoms with E-state index in [0.717, 1.165) is 24.7 Å². The van der Waals surface area contributed by atoms with Gasteiger partial charge in [0.05, 0.1) is 0 Å². The van der Waals surface area contributed by atoms with Crippen molar-refractivity contribution in [2.75, 3.05) is 6.54 Å². The highest BCUT2D eigenvalue weighted by Gasteiger charge is 2.29. The number of hydrogen-bond donors (Lipinski definition) is 1. The fourth-order valence-electron chi connectivity index (χ4n) is 1.85. The highest BCUT2D eigenvalue weighted by Crippen LogP contribution is 2.38. The predicted molar refractivity (Wildman–Crippen MR) is 62.3 cm³/mol. The van der Waals surface area contributed by atoms with E-state index in [1.807, 2.05) is 0 Å². The summed E-state index contributed by atoms with van der Waals surface area (Å²) in [5.74, 6) is 2.85. The van der Waals surface area contributed by atoms with Crippen LogP contribution in [-0.2, 0) is 6.42 Å². The molecule has 0 spiro atoms. The zero-order chi connectivity index (χ0) is 11.5. The van der Waals surface area contributed by atoms with Crippen LogP contribution in [0.25, 0.3) is 0 Å². The molecule has 0 amide bonds. The molecule has 4 heteroatoms. The monoisotopic (exact) mass is 223 g/mol. The van der Waals surface area contributed by atoms with Gasteiger partial charge in [-0.1, -0.05) is 25.9 Å². The third-order valence-corrected chi connectivity index (χ3v) is 3.09. The van der Waals surface area contributed by atoms with E-state index in [2.05, 4.69) is 36.2 Å². The molecule has 2 rings (SSSR count). The lowest BCUT2D eigenvalue weighted by Crippen LogP contribution is -2.35. The van der Waals surface area contributed by atoms with Crippen molar-refractivity contribution in [1.29, 1.82) is 0 Å². The van der Waals surface area contributed by atoms with Crippen LogP contribution >= 0.6 is 0 Å². The third-order valence-electron chi connectivity index (χ3n) is 3.09. The predicted octanol–water partition coefficient (Wildman–Crippen LogP) is 2.12. The Bertz CT molecular complexity index is 331. The Morgan fingerprint density at radius 2 is 2.19 bits per heavy atom. The quantitative estimate of drug-likeness (QED) is 0.802. The highest BCUT2D eigenvalue weighted by atomic mass is 16.5. The Kier molecular flexibility index (Phi) is 3.59. The molecule has 1 atom stereocenters. The minimum atomic E-state index is 0.428. The summed E-state index contributed by atoms with van der Waals surface area (Å²) in [6, 6.07) is 0.428. The molecular weight excluding hydrogens is 202 g/mol. The van der Waals surface area contributed by atoms with Crippen molar-refractivity contribution in [1.82, 2.24) is 15.5 Å². The standard InChI is InChI=1S/C12H21N3O/c1-4-13-10(8(2)3)7-11-14-12(15-16-11)9-5-6-9/h8-10,13H,4-7H2,1-3H3. The summed E-state index contributed by atoms with van der Waals surface area (Å²) in [6.45, 7) is 7.53. The minimum Gasteiger partial charge on any atom is -0.339 e. The number of hydrogen-bond acceptors (Lipinski definition) is 4. The van der Waals surface area contributed by atoms with E-state index in [0.29, 0.717) is 17.9 Å². The van der Waals surface area contributed by atoms with Crippen molar-refractivity contribution in [3.63, 3.8) is 0 Å². The van der Waals surface area contributed by atoms with Gasteiger partial charge in [0.15, 0.2) is 5.82 Å². The second-order valence-electron chi connectivity index (χ2n) is 4.93. The van der Waals surface area contributed by atoms with Gasteiger partial charge in [-0.15, -0.1) is 0 Å². The van der Waals surface area contributed by atoms with Gasteiger partial charge in [0.25, 0.3) is 0 Å². The molecular formula is C12H21N3O. The molecule has 1 saturated carbocycles. The van der Waals surface area contributed by atoms with Crippen LogP contribution < -0.4 is 5.32 Å². The molecule has 16 heavy (non-hydrogen) atoms. The van der Waals surface area contributed by atoms with Crippen LogP contribution in [0.1, 0.15) is 51.2 Å². The number of aromatic nitrogens is 2. The number of likely N-dealkylation sites (N-methyl/N-ethyl adjacent to an activating group) is 1. The first-order valence-electron chi connectivity index (χ1n) is 6.26. The van der Waals surface area contributed by atoms with Gasteiger partial charge >= 0.3 is 0 Å². The molecule has 1 aromatic heterocycles. The van der Waals surface area contributed by atoms with Gasteiger partial charge in [0, 0.05) is 18.4 Å². The molecule has 1 aromatic rings. The molecule has 1 heterocycles. The maximum absolute atomic E-state index is 5.29. The lowest BCUT2D eigenvalue weighted by atomic mass is 10.0. The summed E-state index contributed by atoms with van der Waals surface area (Å²) in [6.07, 6.45) is 3.28. The van der Waals surface area contributed by atoms with E-state index in [-0.39, 0.29) is 0 Å². The normalized spacial score (nSPS) is 18.0. The van der Waals surface area contributed by atoms with Crippen LogP contribution in [0.3, 0.4) is 0 Å². The Balaban J connectivity index is 1.94. The van der Waals surface area contributed by atoms with E-state index in [1.165, 1.54) is 12.8 Å². The SMILES string of the molecule is CCNC(Cc1nc(C2CC2)no1)C(C)C. The van der Waals surface area contributed by atoms with Gasteiger partial charge in [-0.05, 0) is 25.3 Å². The first kappa shape index (κ1) is 11.6. The molecule has 0 aromatic carbocycles. The van der Waals surface area contributed by atoms with Gasteiger partial charge in [0.2, 0.25) is 5.89 Å². The highest BCUT2D eigenvalue weighted by molar-refractivity contribution is 5.03. The van der Waals surface area contributed by atoms with Crippen LogP contribution in [0, 0.1) is 5.92 Å². The van der Waals surface area contributed by atoms with Crippen LogP contribution in [0.5, 0.6) is 0 Å². The van der Waals surface area contributed by atoms with Crippen molar-refractivity contribution in [3.05, 3.63) is 11.7 Å². The largest absolute Gasteiger partial charge is 0.339 e. The molecule has 0 saturated heterocycles. The smallest absolute Gasteiger partial charge is 0.228 e. The van der Waals surface area contributed by atoms with E-state index in [4.69, 9.17) is 4.52 Å². The molecule has 0 bridgehead atoms. The van der Waals surface area contributed by atoms with E-state index in [1.54, 1.807) is 0 Å². The lowest BCUT2D eigenvalue weighted by molar-refractivity contribution is 0.327. The fourth-order valence-corrected chi connectivity index (χ4v) is 1.85. The van der Waals surface area contributed by atoms with Gasteiger partial charge in [-0.2, -0.15) is 4.98 Å². The van der Waals surface area contributed by atoms with E-state index in [9.17, 15) is 0 Å². The summed E-state index contributed by atoms with van der Waals surface area (Å²) >= 11 is 0. The van der Waals surface area contributed by atoms with Crippen LogP contribution in [-0.4, -0.2) is 22.7 Å². The first-order valence-corrected chi connectivity index (χ1v) is 6.26. The molecule has 0 radical (unpaired) electrons. The van der Waals surface area contributed by atoms with Crippen LogP contribution in [0.2, 0.25) is 0 Å². The average molecular weight is 223 g/mol. The maximum atomic E-state index is 5.29. The molecule has 1 N–H and O–H groups in total. The molecule has 1 aliphatic rings. The summed E-state index contributed by atoms with van der Waals surface area (Å²) in [5.41, 5.74) is 0. The number of rotatable bonds is 6. The van der Waals surface area contributed by atoms with Gasteiger partial charge in [-0.3, -0.25) is 0 Å². The van der Waals surface area contributed by atoms with Crippen molar-refractivity contribution in [2.45, 2.75) is 52.0 Å². The molecule has 0 aliphatic heterocycles. The summed E-state index contributed by atoms with van der Waals surface area (Å²) in [4.78, 5) is 4.46. The van der Waals surface area contributed by atoms with Crippen molar-refractivity contribution >= 4 is 0 Å². The average Bonchev–Trinajstić information content (AvgIpc) is 2.99.